The molecule has 2 amide bonds. The fraction of sp³-hybridized carbons (Fsp3) is 0.348. The lowest BCUT2D eigenvalue weighted by atomic mass is 10.1. The minimum Gasteiger partial charge on any atom is -0.507 e. The number of phenolic OH excluding ortho intramolecular Hbond substituents is 1. The van der Waals surface area contributed by atoms with Crippen LogP contribution in [0.25, 0.3) is 0 Å². The molecule has 8 nitrogen and oxygen atoms in total. The molecule has 1 fully saturated rings. The van der Waals surface area contributed by atoms with Gasteiger partial charge in [0.25, 0.3) is 5.91 Å². The molecular formula is C23H26N2O6. The van der Waals surface area contributed by atoms with E-state index in [1.807, 2.05) is 13.8 Å². The van der Waals surface area contributed by atoms with Crippen LogP contribution in [0.5, 0.6) is 5.75 Å². The second-order valence-electron chi connectivity index (χ2n) is 7.65. The van der Waals surface area contributed by atoms with E-state index in [1.54, 1.807) is 48.5 Å². The highest BCUT2D eigenvalue weighted by molar-refractivity contribution is 6.04. The molecule has 0 bridgehead atoms. The van der Waals surface area contributed by atoms with E-state index in [9.17, 15) is 14.7 Å². The van der Waals surface area contributed by atoms with E-state index in [4.69, 9.17) is 14.3 Å². The van der Waals surface area contributed by atoms with E-state index in [0.29, 0.717) is 24.2 Å². The minimum absolute atomic E-state index is 0.0619. The number of carbonyl (C=O) groups excluding carboxylic acids is 2. The molecule has 3 rings (SSSR count). The summed E-state index contributed by atoms with van der Waals surface area (Å²) in [5, 5.41) is 16.1. The summed E-state index contributed by atoms with van der Waals surface area (Å²) in [4.78, 5) is 30.2. The molecule has 164 valence electrons. The molecule has 1 saturated heterocycles. The van der Waals surface area contributed by atoms with Crippen molar-refractivity contribution in [3.8, 4) is 5.75 Å². The van der Waals surface area contributed by atoms with Crippen molar-refractivity contribution < 1.29 is 29.0 Å². The summed E-state index contributed by atoms with van der Waals surface area (Å²) in [6, 6.07) is 15.1. The first-order chi connectivity index (χ1) is 14.8. The molecule has 0 aromatic heterocycles. The Morgan fingerprint density at radius 3 is 2.61 bits per heavy atom. The zero-order valence-corrected chi connectivity index (χ0v) is 17.5. The number of phenols is 1. The smallest absolute Gasteiger partial charge is 0.257 e. The predicted molar refractivity (Wildman–Crippen MR) is 114 cm³/mol. The largest absolute Gasteiger partial charge is 0.507 e. The van der Waals surface area contributed by atoms with Gasteiger partial charge in [0.15, 0.2) is 5.79 Å². The standard InChI is InChI=1S/C23H26N2O6/c1-23(2)29-15-19(30-23)12-18(31-24-14-17-10-6-7-11-20(17)26)13-21(27)25-22(28)16-8-4-3-5-9-16/h3-11,14,18-19,26H,12-13,15H2,1-2H3,(H,25,27,28)/b24-14+/t18-,19+/m1/s1. The summed E-state index contributed by atoms with van der Waals surface area (Å²) >= 11 is 0. The number of para-hydroxylation sites is 1. The number of ether oxygens (including phenoxy) is 2. The second kappa shape index (κ2) is 10.2. The first kappa shape index (κ1) is 22.5. The monoisotopic (exact) mass is 426 g/mol. The van der Waals surface area contributed by atoms with Crippen molar-refractivity contribution in [3.63, 3.8) is 0 Å². The van der Waals surface area contributed by atoms with Crippen molar-refractivity contribution in [2.75, 3.05) is 6.61 Å². The average Bonchev–Trinajstić information content (AvgIpc) is 3.08. The Labute approximate surface area is 180 Å². The van der Waals surface area contributed by atoms with Gasteiger partial charge in [0, 0.05) is 17.5 Å². The first-order valence-electron chi connectivity index (χ1n) is 10.0. The number of hydrogen-bond acceptors (Lipinski definition) is 7. The highest BCUT2D eigenvalue weighted by Gasteiger charge is 2.35. The molecule has 2 aromatic rings. The van der Waals surface area contributed by atoms with Gasteiger partial charge in [-0.3, -0.25) is 14.9 Å². The molecule has 0 saturated carbocycles. The molecule has 1 aliphatic heterocycles. The summed E-state index contributed by atoms with van der Waals surface area (Å²) in [5.41, 5.74) is 0.867. The number of imide groups is 1. The molecular weight excluding hydrogens is 400 g/mol. The zero-order valence-electron chi connectivity index (χ0n) is 17.5. The fourth-order valence-electron chi connectivity index (χ4n) is 3.15. The van der Waals surface area contributed by atoms with Gasteiger partial charge in [-0.25, -0.2) is 0 Å². The van der Waals surface area contributed by atoms with Crippen molar-refractivity contribution in [3.05, 3.63) is 65.7 Å². The van der Waals surface area contributed by atoms with E-state index >= 15 is 0 Å². The number of nitrogens with one attached hydrogen (secondary N) is 1. The average molecular weight is 426 g/mol. The second-order valence-corrected chi connectivity index (χ2v) is 7.65. The molecule has 1 heterocycles. The maximum atomic E-state index is 12.4. The van der Waals surface area contributed by atoms with E-state index in [-0.39, 0.29) is 18.3 Å². The van der Waals surface area contributed by atoms with Gasteiger partial charge < -0.3 is 19.4 Å². The van der Waals surface area contributed by atoms with E-state index in [0.717, 1.165) is 0 Å². The highest BCUT2D eigenvalue weighted by atomic mass is 16.7. The minimum atomic E-state index is -0.708. The van der Waals surface area contributed by atoms with Crippen LogP contribution < -0.4 is 5.32 Å². The predicted octanol–water partition coefficient (Wildman–Crippen LogP) is 3.00. The van der Waals surface area contributed by atoms with Gasteiger partial charge >= 0.3 is 0 Å². The van der Waals surface area contributed by atoms with Gasteiger partial charge in [0.1, 0.15) is 11.9 Å². The van der Waals surface area contributed by atoms with Crippen molar-refractivity contribution in [1.29, 1.82) is 0 Å². The van der Waals surface area contributed by atoms with Gasteiger partial charge in [0.05, 0.1) is 25.3 Å². The first-order valence-corrected chi connectivity index (χ1v) is 10.0. The number of amides is 2. The van der Waals surface area contributed by atoms with Gasteiger partial charge in [-0.15, -0.1) is 0 Å². The number of hydrogen-bond donors (Lipinski definition) is 2. The summed E-state index contributed by atoms with van der Waals surface area (Å²) < 4.78 is 11.4. The third-order valence-electron chi connectivity index (χ3n) is 4.63. The van der Waals surface area contributed by atoms with Crippen molar-refractivity contribution in [2.24, 2.45) is 5.16 Å². The topological polar surface area (TPSA) is 106 Å². The van der Waals surface area contributed by atoms with Crippen LogP contribution in [0.3, 0.4) is 0 Å². The normalized spacial score (nSPS) is 18.6. The number of rotatable bonds is 8. The summed E-state index contributed by atoms with van der Waals surface area (Å²) in [5.74, 6) is -1.62. The van der Waals surface area contributed by atoms with E-state index < -0.39 is 23.7 Å². The molecule has 0 unspecified atom stereocenters. The maximum Gasteiger partial charge on any atom is 0.257 e. The van der Waals surface area contributed by atoms with E-state index in [1.165, 1.54) is 12.3 Å². The van der Waals surface area contributed by atoms with Crippen LogP contribution in [0.2, 0.25) is 0 Å². The van der Waals surface area contributed by atoms with Crippen molar-refractivity contribution >= 4 is 18.0 Å². The zero-order chi connectivity index (χ0) is 22.3. The Hall–Kier alpha value is -3.23. The van der Waals surface area contributed by atoms with Crippen LogP contribution in [0.1, 0.15) is 42.6 Å². The van der Waals surface area contributed by atoms with Crippen LogP contribution in [-0.4, -0.2) is 47.7 Å². The van der Waals surface area contributed by atoms with Crippen LogP contribution in [-0.2, 0) is 19.1 Å². The molecule has 31 heavy (non-hydrogen) atoms. The Bertz CT molecular complexity index is 929. The lowest BCUT2D eigenvalue weighted by Crippen LogP contribution is -2.34. The number of aromatic hydroxyl groups is 1. The van der Waals surface area contributed by atoms with Gasteiger partial charge in [-0.1, -0.05) is 35.5 Å². The van der Waals surface area contributed by atoms with Crippen LogP contribution in [0.15, 0.2) is 59.8 Å². The Kier molecular flexibility index (Phi) is 7.38. The van der Waals surface area contributed by atoms with Crippen LogP contribution in [0.4, 0.5) is 0 Å². The number of benzene rings is 2. The molecule has 1 aliphatic rings. The molecule has 0 aliphatic carbocycles. The number of nitrogens with zero attached hydrogens (tertiary/aromatic N) is 1. The van der Waals surface area contributed by atoms with Gasteiger partial charge in [-0.2, -0.15) is 0 Å². The third-order valence-corrected chi connectivity index (χ3v) is 4.63. The summed E-state index contributed by atoms with van der Waals surface area (Å²) in [6.07, 6.45) is 0.669. The SMILES string of the molecule is CC1(C)OC[C@H](C[C@H](CC(=O)NC(=O)c2ccccc2)O/N=C/c2ccccc2O)O1. The van der Waals surface area contributed by atoms with Crippen molar-refractivity contribution in [2.45, 2.75) is 44.7 Å². The quantitative estimate of drug-likeness (QED) is 0.496. The lowest BCUT2D eigenvalue weighted by molar-refractivity contribution is -0.143. The molecule has 2 aromatic carbocycles. The Morgan fingerprint density at radius 1 is 1.23 bits per heavy atom. The Morgan fingerprint density at radius 2 is 1.94 bits per heavy atom. The summed E-state index contributed by atoms with van der Waals surface area (Å²) in [7, 11) is 0. The Balaban J connectivity index is 1.62. The fourth-order valence-corrected chi connectivity index (χ4v) is 3.15. The van der Waals surface area contributed by atoms with Gasteiger partial charge in [-0.05, 0) is 38.1 Å². The molecule has 2 N–H and O–H groups in total. The van der Waals surface area contributed by atoms with E-state index in [2.05, 4.69) is 10.5 Å². The van der Waals surface area contributed by atoms with Crippen LogP contribution in [0, 0.1) is 0 Å². The number of carbonyl (C=O) groups is 2. The highest BCUT2D eigenvalue weighted by Crippen LogP contribution is 2.26. The molecule has 0 spiro atoms. The maximum absolute atomic E-state index is 12.4. The molecule has 8 heteroatoms. The van der Waals surface area contributed by atoms with Crippen molar-refractivity contribution in [1.82, 2.24) is 5.32 Å². The lowest BCUT2D eigenvalue weighted by Gasteiger charge is -2.20. The molecule has 2 atom stereocenters. The number of oxime groups is 1. The summed E-state index contributed by atoms with van der Waals surface area (Å²) in [6.45, 7) is 3.98. The third kappa shape index (κ3) is 6.91. The van der Waals surface area contributed by atoms with Crippen LogP contribution >= 0.6 is 0 Å². The molecule has 0 radical (unpaired) electrons. The van der Waals surface area contributed by atoms with Gasteiger partial charge in [0.2, 0.25) is 5.91 Å².